The molecular formula is C17H24FNO. The molecule has 0 amide bonds. The normalized spacial score (nSPS) is 33.0. The summed E-state index contributed by atoms with van der Waals surface area (Å²) in [5.41, 5.74) is 7.08. The largest absolute Gasteiger partial charge is 0.487 e. The molecule has 1 heterocycles. The van der Waals surface area contributed by atoms with Crippen LogP contribution in [-0.4, -0.2) is 5.60 Å². The Hall–Kier alpha value is -1.09. The maximum absolute atomic E-state index is 13.4. The van der Waals surface area contributed by atoms with Crippen LogP contribution < -0.4 is 10.5 Å². The fourth-order valence-corrected chi connectivity index (χ4v) is 3.83. The van der Waals surface area contributed by atoms with Gasteiger partial charge in [0.05, 0.1) is 0 Å². The predicted octanol–water partition coefficient (Wildman–Crippen LogP) is 4.19. The smallest absolute Gasteiger partial charge is 0.127 e. The maximum atomic E-state index is 13.4. The highest BCUT2D eigenvalue weighted by Gasteiger charge is 2.43. The summed E-state index contributed by atoms with van der Waals surface area (Å²) in [5.74, 6) is 1.93. The summed E-state index contributed by atoms with van der Waals surface area (Å²) in [6, 6.07) is 4.69. The third-order valence-corrected chi connectivity index (χ3v) is 5.18. The molecule has 20 heavy (non-hydrogen) atoms. The molecule has 2 nitrogen and oxygen atoms in total. The van der Waals surface area contributed by atoms with Crippen molar-refractivity contribution in [1.29, 1.82) is 0 Å². The van der Waals surface area contributed by atoms with Crippen LogP contribution in [0.25, 0.3) is 0 Å². The average Bonchev–Trinajstić information content (AvgIpc) is 2.38. The third kappa shape index (κ3) is 2.44. The van der Waals surface area contributed by atoms with Gasteiger partial charge in [-0.3, -0.25) is 0 Å². The molecule has 1 aliphatic carbocycles. The number of halogens is 1. The van der Waals surface area contributed by atoms with Crippen LogP contribution in [0, 0.1) is 17.7 Å². The number of ether oxygens (including phenoxy) is 1. The van der Waals surface area contributed by atoms with E-state index in [1.54, 1.807) is 6.07 Å². The summed E-state index contributed by atoms with van der Waals surface area (Å²) in [6.07, 6.45) is 5.32. The monoisotopic (exact) mass is 277 g/mol. The first-order valence-corrected chi connectivity index (χ1v) is 7.73. The van der Waals surface area contributed by atoms with Gasteiger partial charge >= 0.3 is 0 Å². The first-order valence-electron chi connectivity index (χ1n) is 7.73. The van der Waals surface area contributed by atoms with Crippen LogP contribution in [0.3, 0.4) is 0 Å². The minimum absolute atomic E-state index is 0.0325. The lowest BCUT2D eigenvalue weighted by Gasteiger charge is -2.46. The van der Waals surface area contributed by atoms with E-state index in [-0.39, 0.29) is 17.5 Å². The summed E-state index contributed by atoms with van der Waals surface area (Å²) >= 11 is 0. The van der Waals surface area contributed by atoms with Crippen molar-refractivity contribution in [3.63, 3.8) is 0 Å². The van der Waals surface area contributed by atoms with Gasteiger partial charge in [-0.2, -0.15) is 0 Å². The van der Waals surface area contributed by atoms with E-state index >= 15 is 0 Å². The van der Waals surface area contributed by atoms with Crippen LogP contribution in [0.1, 0.15) is 57.6 Å². The van der Waals surface area contributed by atoms with Gasteiger partial charge < -0.3 is 10.5 Å². The Kier molecular flexibility index (Phi) is 3.49. The maximum Gasteiger partial charge on any atom is 0.127 e. The molecule has 1 fully saturated rings. The lowest BCUT2D eigenvalue weighted by Crippen LogP contribution is -2.46. The van der Waals surface area contributed by atoms with Crippen LogP contribution in [0.2, 0.25) is 0 Å². The quantitative estimate of drug-likeness (QED) is 0.835. The lowest BCUT2D eigenvalue weighted by atomic mass is 9.71. The van der Waals surface area contributed by atoms with Gasteiger partial charge in [0.25, 0.3) is 0 Å². The van der Waals surface area contributed by atoms with Crippen LogP contribution in [0.15, 0.2) is 18.2 Å². The van der Waals surface area contributed by atoms with E-state index in [4.69, 9.17) is 10.5 Å². The lowest BCUT2D eigenvalue weighted by molar-refractivity contribution is -0.0162. The van der Waals surface area contributed by atoms with Crippen molar-refractivity contribution < 1.29 is 9.13 Å². The van der Waals surface area contributed by atoms with Gasteiger partial charge in [-0.25, -0.2) is 4.39 Å². The molecule has 3 rings (SSSR count). The fourth-order valence-electron chi connectivity index (χ4n) is 3.83. The highest BCUT2D eigenvalue weighted by molar-refractivity contribution is 5.39. The standard InChI is InChI=1S/C17H24FNO/c1-11(2)12-5-7-17(8-6-12)10-15(19)14-4-3-13(18)9-16(14)20-17/h3-4,9,11-12,15H,5-8,10,19H2,1-2H3/t12?,15-,17?/m1/s1. The molecule has 1 saturated carbocycles. The molecule has 0 unspecified atom stereocenters. The van der Waals surface area contributed by atoms with Gasteiger partial charge in [-0.05, 0) is 43.6 Å². The summed E-state index contributed by atoms with van der Waals surface area (Å²) in [5, 5.41) is 0. The van der Waals surface area contributed by atoms with Crippen LogP contribution >= 0.6 is 0 Å². The Labute approximate surface area is 120 Å². The van der Waals surface area contributed by atoms with Gasteiger partial charge in [0.1, 0.15) is 17.2 Å². The highest BCUT2D eigenvalue weighted by atomic mass is 19.1. The number of fused-ring (bicyclic) bond motifs is 1. The highest BCUT2D eigenvalue weighted by Crippen LogP contribution is 2.47. The van der Waals surface area contributed by atoms with Crippen molar-refractivity contribution in [2.45, 2.75) is 57.6 Å². The third-order valence-electron chi connectivity index (χ3n) is 5.18. The number of nitrogens with two attached hydrogens (primary N) is 1. The van der Waals surface area contributed by atoms with Gasteiger partial charge in [0, 0.05) is 24.1 Å². The van der Waals surface area contributed by atoms with E-state index in [0.29, 0.717) is 5.75 Å². The zero-order chi connectivity index (χ0) is 14.3. The molecule has 1 spiro atoms. The van der Waals surface area contributed by atoms with E-state index in [0.717, 1.165) is 36.7 Å². The SMILES string of the molecule is CC(C)C1CCC2(CC1)C[C@@H](N)c1ccc(F)cc1O2. The number of hydrogen-bond acceptors (Lipinski definition) is 2. The molecule has 0 bridgehead atoms. The van der Waals surface area contributed by atoms with Crippen molar-refractivity contribution >= 4 is 0 Å². The molecule has 1 aromatic carbocycles. The van der Waals surface area contributed by atoms with E-state index in [1.165, 1.54) is 25.0 Å². The second-order valence-corrected chi connectivity index (χ2v) is 6.86. The van der Waals surface area contributed by atoms with E-state index in [1.807, 2.05) is 0 Å². The van der Waals surface area contributed by atoms with Crippen molar-refractivity contribution in [3.05, 3.63) is 29.6 Å². The zero-order valence-corrected chi connectivity index (χ0v) is 12.4. The minimum atomic E-state index is -0.246. The number of rotatable bonds is 1. The molecule has 0 aromatic heterocycles. The molecular weight excluding hydrogens is 253 g/mol. The molecule has 1 aromatic rings. The molecule has 2 N–H and O–H groups in total. The summed E-state index contributed by atoms with van der Waals surface area (Å²) < 4.78 is 19.6. The summed E-state index contributed by atoms with van der Waals surface area (Å²) in [6.45, 7) is 4.58. The second-order valence-electron chi connectivity index (χ2n) is 6.86. The van der Waals surface area contributed by atoms with Crippen molar-refractivity contribution in [1.82, 2.24) is 0 Å². The van der Waals surface area contributed by atoms with Gasteiger partial charge in [-0.1, -0.05) is 19.9 Å². The van der Waals surface area contributed by atoms with E-state index in [2.05, 4.69) is 13.8 Å². The Morgan fingerprint density at radius 2 is 2.00 bits per heavy atom. The Balaban J connectivity index is 1.81. The fraction of sp³-hybridized carbons (Fsp3) is 0.647. The molecule has 2 aliphatic rings. The number of hydrogen-bond donors (Lipinski definition) is 1. The van der Waals surface area contributed by atoms with E-state index in [9.17, 15) is 4.39 Å². The van der Waals surface area contributed by atoms with Gasteiger partial charge in [-0.15, -0.1) is 0 Å². The Morgan fingerprint density at radius 3 is 2.65 bits per heavy atom. The first kappa shape index (κ1) is 13.9. The Bertz CT molecular complexity index is 492. The molecule has 0 radical (unpaired) electrons. The minimum Gasteiger partial charge on any atom is -0.487 e. The van der Waals surface area contributed by atoms with Crippen LogP contribution in [-0.2, 0) is 0 Å². The van der Waals surface area contributed by atoms with Crippen molar-refractivity contribution in [3.8, 4) is 5.75 Å². The topological polar surface area (TPSA) is 35.2 Å². The second kappa shape index (κ2) is 5.03. The molecule has 0 saturated heterocycles. The number of benzene rings is 1. The zero-order valence-electron chi connectivity index (χ0n) is 12.4. The average molecular weight is 277 g/mol. The molecule has 1 atom stereocenters. The summed E-state index contributed by atoms with van der Waals surface area (Å²) in [4.78, 5) is 0. The molecule has 3 heteroatoms. The summed E-state index contributed by atoms with van der Waals surface area (Å²) in [7, 11) is 0. The van der Waals surface area contributed by atoms with Crippen molar-refractivity contribution in [2.24, 2.45) is 17.6 Å². The van der Waals surface area contributed by atoms with Gasteiger partial charge in [0.2, 0.25) is 0 Å². The van der Waals surface area contributed by atoms with Crippen LogP contribution in [0.4, 0.5) is 4.39 Å². The predicted molar refractivity (Wildman–Crippen MR) is 78.1 cm³/mol. The Morgan fingerprint density at radius 1 is 1.30 bits per heavy atom. The first-order chi connectivity index (χ1) is 9.49. The van der Waals surface area contributed by atoms with Crippen LogP contribution in [0.5, 0.6) is 5.75 Å². The van der Waals surface area contributed by atoms with Crippen molar-refractivity contribution in [2.75, 3.05) is 0 Å². The van der Waals surface area contributed by atoms with E-state index < -0.39 is 0 Å². The molecule has 110 valence electrons. The van der Waals surface area contributed by atoms with Gasteiger partial charge in [0.15, 0.2) is 0 Å². The molecule has 1 aliphatic heterocycles.